The van der Waals surface area contributed by atoms with E-state index in [4.69, 9.17) is 11.5 Å². The van der Waals surface area contributed by atoms with Gasteiger partial charge < -0.3 is 22.1 Å². The molecule has 0 spiro atoms. The lowest BCUT2D eigenvalue weighted by Crippen LogP contribution is -2.47. The SMILES string of the molecule is NC(=O)CC[C@H](N)C(=O)NCCCCC1(C(=O)NCC(F)(F)F)c2ccccc2-c2ccccc21. The maximum absolute atomic E-state index is 13.4. The molecule has 0 saturated heterocycles. The molecule has 2 aromatic carbocycles. The van der Waals surface area contributed by atoms with Crippen LogP contribution in [0.2, 0.25) is 0 Å². The number of carbonyl (C=O) groups is 3. The van der Waals surface area contributed by atoms with E-state index in [-0.39, 0.29) is 25.8 Å². The zero-order valence-electron chi connectivity index (χ0n) is 19.2. The number of alkyl halides is 3. The Bertz CT molecular complexity index is 1040. The minimum Gasteiger partial charge on any atom is -0.370 e. The van der Waals surface area contributed by atoms with Crippen molar-refractivity contribution in [3.63, 3.8) is 0 Å². The van der Waals surface area contributed by atoms with Crippen LogP contribution < -0.4 is 22.1 Å². The standard InChI is InChI=1S/C25H29F3N4O3/c26-25(27,28)15-32-23(35)24(13-5-6-14-31-22(34)20(29)11-12-21(30)33)18-9-3-1-7-16(18)17-8-2-4-10-19(17)24/h1-4,7-10,20H,5-6,11-15,29H2,(H2,30,33)(H,31,34)(H,32,35)/t20-/m0/s1. The summed E-state index contributed by atoms with van der Waals surface area (Å²) in [6.07, 6.45) is -3.20. The summed E-state index contributed by atoms with van der Waals surface area (Å²) in [6, 6.07) is 13.6. The molecular formula is C25H29F3N4O3. The highest BCUT2D eigenvalue weighted by Crippen LogP contribution is 2.51. The molecule has 0 aliphatic heterocycles. The first-order valence-electron chi connectivity index (χ1n) is 11.4. The van der Waals surface area contributed by atoms with E-state index in [0.717, 1.165) is 11.1 Å². The van der Waals surface area contributed by atoms with Crippen molar-refractivity contribution in [1.82, 2.24) is 10.6 Å². The number of benzene rings is 2. The summed E-state index contributed by atoms with van der Waals surface area (Å²) < 4.78 is 38.8. The summed E-state index contributed by atoms with van der Waals surface area (Å²) in [5.41, 5.74) is 12.5. The molecule has 10 heteroatoms. The lowest BCUT2D eigenvalue weighted by molar-refractivity contribution is -0.141. The van der Waals surface area contributed by atoms with Crippen LogP contribution >= 0.6 is 0 Å². The molecule has 0 radical (unpaired) electrons. The fourth-order valence-electron chi connectivity index (χ4n) is 4.57. The summed E-state index contributed by atoms with van der Waals surface area (Å²) in [7, 11) is 0. The third-order valence-corrected chi connectivity index (χ3v) is 6.22. The Labute approximate surface area is 201 Å². The van der Waals surface area contributed by atoms with E-state index < -0.39 is 41.9 Å². The maximum Gasteiger partial charge on any atom is 0.405 e. The van der Waals surface area contributed by atoms with Gasteiger partial charge in [0, 0.05) is 13.0 Å². The second-order valence-electron chi connectivity index (χ2n) is 8.65. The molecule has 188 valence electrons. The number of fused-ring (bicyclic) bond motifs is 3. The van der Waals surface area contributed by atoms with Crippen LogP contribution in [-0.2, 0) is 19.8 Å². The predicted octanol–water partition coefficient (Wildman–Crippen LogP) is 2.51. The van der Waals surface area contributed by atoms with Gasteiger partial charge in [0.1, 0.15) is 12.0 Å². The Morgan fingerprint density at radius 2 is 1.49 bits per heavy atom. The Morgan fingerprint density at radius 1 is 0.914 bits per heavy atom. The van der Waals surface area contributed by atoms with Crippen molar-refractivity contribution in [3.05, 3.63) is 59.7 Å². The lowest BCUT2D eigenvalue weighted by Gasteiger charge is -2.31. The molecule has 1 aliphatic carbocycles. The second-order valence-corrected chi connectivity index (χ2v) is 8.65. The number of amides is 3. The average Bonchev–Trinajstić information content (AvgIpc) is 3.11. The zero-order valence-corrected chi connectivity index (χ0v) is 19.2. The first kappa shape index (κ1) is 26.2. The number of rotatable bonds is 11. The van der Waals surface area contributed by atoms with Gasteiger partial charge in [0.15, 0.2) is 0 Å². The van der Waals surface area contributed by atoms with Crippen LogP contribution in [0.5, 0.6) is 0 Å². The van der Waals surface area contributed by atoms with Gasteiger partial charge in [0.25, 0.3) is 0 Å². The van der Waals surface area contributed by atoms with Gasteiger partial charge >= 0.3 is 6.18 Å². The van der Waals surface area contributed by atoms with Crippen molar-refractivity contribution in [1.29, 1.82) is 0 Å². The Hall–Kier alpha value is -3.40. The van der Waals surface area contributed by atoms with Crippen molar-refractivity contribution < 1.29 is 27.6 Å². The van der Waals surface area contributed by atoms with Crippen LogP contribution in [0.3, 0.4) is 0 Å². The van der Waals surface area contributed by atoms with Crippen molar-refractivity contribution in [3.8, 4) is 11.1 Å². The largest absolute Gasteiger partial charge is 0.405 e. The van der Waals surface area contributed by atoms with Gasteiger partial charge in [-0.1, -0.05) is 48.5 Å². The molecule has 0 saturated carbocycles. The van der Waals surface area contributed by atoms with Crippen molar-refractivity contribution in [2.75, 3.05) is 13.1 Å². The van der Waals surface area contributed by atoms with Gasteiger partial charge in [-0.25, -0.2) is 0 Å². The van der Waals surface area contributed by atoms with Crippen LogP contribution in [0.15, 0.2) is 48.5 Å². The summed E-state index contributed by atoms with van der Waals surface area (Å²) in [6.45, 7) is -1.15. The first-order chi connectivity index (χ1) is 16.6. The molecule has 0 heterocycles. The average molecular weight is 491 g/mol. The third-order valence-electron chi connectivity index (χ3n) is 6.22. The van der Waals surface area contributed by atoms with Crippen LogP contribution in [0.1, 0.15) is 43.2 Å². The molecule has 7 nitrogen and oxygen atoms in total. The Morgan fingerprint density at radius 3 is 2.03 bits per heavy atom. The molecule has 1 atom stereocenters. The van der Waals surface area contributed by atoms with Gasteiger partial charge in [-0.05, 0) is 47.9 Å². The fourth-order valence-corrected chi connectivity index (χ4v) is 4.57. The molecule has 0 fully saturated rings. The van der Waals surface area contributed by atoms with Crippen LogP contribution in [-0.4, -0.2) is 43.0 Å². The van der Waals surface area contributed by atoms with Gasteiger partial charge in [-0.15, -0.1) is 0 Å². The number of hydrogen-bond donors (Lipinski definition) is 4. The van der Waals surface area contributed by atoms with Crippen molar-refractivity contribution >= 4 is 17.7 Å². The van der Waals surface area contributed by atoms with Crippen molar-refractivity contribution in [2.45, 2.75) is 49.7 Å². The first-order valence-corrected chi connectivity index (χ1v) is 11.4. The molecule has 0 bridgehead atoms. The number of carbonyl (C=O) groups excluding carboxylic acids is 3. The highest BCUT2D eigenvalue weighted by atomic mass is 19.4. The van der Waals surface area contributed by atoms with Crippen molar-refractivity contribution in [2.24, 2.45) is 11.5 Å². The van der Waals surface area contributed by atoms with E-state index in [1.807, 2.05) is 24.3 Å². The quantitative estimate of drug-likeness (QED) is 0.361. The highest BCUT2D eigenvalue weighted by molar-refractivity contribution is 6.00. The summed E-state index contributed by atoms with van der Waals surface area (Å²) in [5.74, 6) is -1.66. The minimum atomic E-state index is -4.54. The predicted molar refractivity (Wildman–Crippen MR) is 125 cm³/mol. The van der Waals surface area contributed by atoms with E-state index in [0.29, 0.717) is 24.0 Å². The number of nitrogens with one attached hydrogen (secondary N) is 2. The Kier molecular flexibility index (Phi) is 8.16. The van der Waals surface area contributed by atoms with E-state index in [2.05, 4.69) is 10.6 Å². The molecule has 2 aromatic rings. The number of nitrogens with two attached hydrogens (primary N) is 2. The molecule has 0 unspecified atom stereocenters. The van der Waals surface area contributed by atoms with Gasteiger partial charge in [-0.3, -0.25) is 14.4 Å². The minimum absolute atomic E-state index is 0.00294. The number of halogens is 3. The number of unbranched alkanes of at least 4 members (excludes halogenated alkanes) is 1. The maximum atomic E-state index is 13.4. The summed E-state index contributed by atoms with van der Waals surface area (Å²) in [4.78, 5) is 36.3. The molecule has 3 amide bonds. The van der Waals surface area contributed by atoms with E-state index in [1.54, 1.807) is 24.3 Å². The molecule has 35 heavy (non-hydrogen) atoms. The third kappa shape index (κ3) is 6.00. The summed E-state index contributed by atoms with van der Waals surface area (Å²) in [5, 5.41) is 4.79. The van der Waals surface area contributed by atoms with Gasteiger partial charge in [0.2, 0.25) is 17.7 Å². The van der Waals surface area contributed by atoms with E-state index in [1.165, 1.54) is 0 Å². The second kappa shape index (κ2) is 10.9. The topological polar surface area (TPSA) is 127 Å². The van der Waals surface area contributed by atoms with Gasteiger partial charge in [-0.2, -0.15) is 13.2 Å². The molecule has 6 N–H and O–H groups in total. The molecule has 1 aliphatic rings. The Balaban J connectivity index is 1.75. The number of hydrogen-bond acceptors (Lipinski definition) is 4. The monoisotopic (exact) mass is 490 g/mol. The van der Waals surface area contributed by atoms with Crippen LogP contribution in [0.4, 0.5) is 13.2 Å². The normalized spacial score (nSPS) is 14.5. The van der Waals surface area contributed by atoms with Gasteiger partial charge in [0.05, 0.1) is 6.04 Å². The highest BCUT2D eigenvalue weighted by Gasteiger charge is 2.49. The van der Waals surface area contributed by atoms with E-state index >= 15 is 0 Å². The molecule has 0 aromatic heterocycles. The van der Waals surface area contributed by atoms with Crippen LogP contribution in [0.25, 0.3) is 11.1 Å². The lowest BCUT2D eigenvalue weighted by atomic mass is 9.73. The number of primary amides is 1. The molecular weight excluding hydrogens is 461 g/mol. The smallest absolute Gasteiger partial charge is 0.370 e. The fraction of sp³-hybridized carbons (Fsp3) is 0.400. The zero-order chi connectivity index (χ0) is 25.6. The molecule has 3 rings (SSSR count). The van der Waals surface area contributed by atoms with Crippen LogP contribution in [0, 0.1) is 0 Å². The van der Waals surface area contributed by atoms with E-state index in [9.17, 15) is 27.6 Å². The summed E-state index contributed by atoms with van der Waals surface area (Å²) >= 11 is 0.